The Morgan fingerprint density at radius 3 is 2.65 bits per heavy atom. The van der Waals surface area contributed by atoms with Crippen molar-refractivity contribution < 1.29 is 14.7 Å². The van der Waals surface area contributed by atoms with Gasteiger partial charge in [0.05, 0.1) is 22.2 Å². The van der Waals surface area contributed by atoms with Crippen LogP contribution in [0.2, 0.25) is 10.0 Å². The predicted molar refractivity (Wildman–Crippen MR) is 100 cm³/mol. The zero-order chi connectivity index (χ0) is 18.8. The van der Waals surface area contributed by atoms with Gasteiger partial charge in [0.1, 0.15) is 0 Å². The molecule has 140 valence electrons. The maximum Gasteiger partial charge on any atom is 0.289 e. The number of nitrogens with one attached hydrogen (secondary N) is 1. The summed E-state index contributed by atoms with van der Waals surface area (Å²) in [5, 5.41) is 14.3. The molecule has 2 aliphatic rings. The smallest absolute Gasteiger partial charge is 0.289 e. The maximum atomic E-state index is 12.7. The minimum absolute atomic E-state index is 0.0524. The van der Waals surface area contributed by atoms with Crippen molar-refractivity contribution in [2.24, 2.45) is 0 Å². The zero-order valence-electron chi connectivity index (χ0n) is 14.5. The van der Waals surface area contributed by atoms with Crippen LogP contribution in [0.4, 0.5) is 0 Å². The molecule has 0 spiro atoms. The quantitative estimate of drug-likeness (QED) is 0.817. The van der Waals surface area contributed by atoms with E-state index in [4.69, 9.17) is 23.2 Å². The third-order valence-corrected chi connectivity index (χ3v) is 5.57. The van der Waals surface area contributed by atoms with Gasteiger partial charge in [-0.05, 0) is 43.6 Å². The largest absolute Gasteiger partial charge is 0.503 e. The van der Waals surface area contributed by atoms with Gasteiger partial charge < -0.3 is 20.2 Å². The van der Waals surface area contributed by atoms with Crippen LogP contribution in [0.5, 0.6) is 0 Å². The summed E-state index contributed by atoms with van der Waals surface area (Å²) in [5.74, 6) is -1.25. The Labute approximate surface area is 162 Å². The lowest BCUT2D eigenvalue weighted by atomic mass is 10.1. The predicted octanol–water partition coefficient (Wildman–Crippen LogP) is 2.36. The number of hydrogen-bond acceptors (Lipinski definition) is 4. The van der Waals surface area contributed by atoms with Crippen molar-refractivity contribution in [2.45, 2.75) is 25.4 Å². The Morgan fingerprint density at radius 2 is 2.00 bits per heavy atom. The number of aliphatic hydroxyl groups excluding tert-OH is 1. The number of rotatable bonds is 4. The fraction of sp³-hybridized carbons (Fsp3) is 0.444. The van der Waals surface area contributed by atoms with Crippen LogP contribution in [0.15, 0.2) is 29.5 Å². The molecule has 1 aromatic rings. The van der Waals surface area contributed by atoms with Crippen LogP contribution in [-0.4, -0.2) is 59.4 Å². The van der Waals surface area contributed by atoms with E-state index in [1.165, 1.54) is 4.90 Å². The maximum absolute atomic E-state index is 12.7. The van der Waals surface area contributed by atoms with Gasteiger partial charge in [0, 0.05) is 19.6 Å². The number of amides is 2. The molecule has 0 aliphatic carbocycles. The summed E-state index contributed by atoms with van der Waals surface area (Å²) in [4.78, 5) is 28.2. The summed E-state index contributed by atoms with van der Waals surface area (Å²) in [7, 11) is 1.63. The van der Waals surface area contributed by atoms with E-state index in [9.17, 15) is 14.7 Å². The first-order chi connectivity index (χ1) is 12.4. The van der Waals surface area contributed by atoms with Crippen molar-refractivity contribution in [2.75, 3.05) is 26.7 Å². The highest BCUT2D eigenvalue weighted by atomic mass is 35.5. The second-order valence-corrected chi connectivity index (χ2v) is 7.47. The molecule has 0 atom stereocenters. The summed E-state index contributed by atoms with van der Waals surface area (Å²) in [6.07, 6.45) is 1.64. The first kappa shape index (κ1) is 19.0. The monoisotopic (exact) mass is 397 g/mol. The number of likely N-dealkylation sites (N-methyl/N-ethyl adjacent to an activating group) is 1. The third kappa shape index (κ3) is 3.82. The van der Waals surface area contributed by atoms with Crippen LogP contribution in [0.25, 0.3) is 0 Å². The van der Waals surface area contributed by atoms with Gasteiger partial charge in [-0.15, -0.1) is 0 Å². The Kier molecular flexibility index (Phi) is 5.75. The molecule has 6 nitrogen and oxygen atoms in total. The van der Waals surface area contributed by atoms with Crippen molar-refractivity contribution in [3.8, 4) is 0 Å². The number of carbonyl (C=O) groups is 2. The van der Waals surface area contributed by atoms with E-state index in [0.717, 1.165) is 31.5 Å². The van der Waals surface area contributed by atoms with Gasteiger partial charge in [-0.1, -0.05) is 29.3 Å². The number of hydrogen-bond donors (Lipinski definition) is 2. The van der Waals surface area contributed by atoms with E-state index in [2.05, 4.69) is 5.32 Å². The van der Waals surface area contributed by atoms with Gasteiger partial charge in [-0.2, -0.15) is 0 Å². The van der Waals surface area contributed by atoms with Crippen molar-refractivity contribution in [1.29, 1.82) is 0 Å². The van der Waals surface area contributed by atoms with Crippen molar-refractivity contribution >= 4 is 35.0 Å². The standard InChI is InChI=1S/C18H21Cl2N3O3/c1-22(9-11-2-3-14(19)15(20)8-11)17(25)13-10-23(18(26)16(13)24)12-4-6-21-7-5-12/h2-3,8,12,21,24H,4-7,9-10H2,1H3. The number of benzene rings is 1. The lowest BCUT2D eigenvalue weighted by molar-refractivity contribution is -0.130. The Balaban J connectivity index is 1.69. The molecular weight excluding hydrogens is 377 g/mol. The Hall–Kier alpha value is -1.76. The molecule has 1 saturated heterocycles. The lowest BCUT2D eigenvalue weighted by Gasteiger charge is -2.31. The van der Waals surface area contributed by atoms with Gasteiger partial charge in [0.25, 0.3) is 11.8 Å². The van der Waals surface area contributed by atoms with E-state index in [-0.39, 0.29) is 24.1 Å². The summed E-state index contributed by atoms with van der Waals surface area (Å²) in [5.41, 5.74) is 0.964. The highest BCUT2D eigenvalue weighted by Gasteiger charge is 2.38. The van der Waals surface area contributed by atoms with Crippen LogP contribution < -0.4 is 5.32 Å². The minimum Gasteiger partial charge on any atom is -0.503 e. The first-order valence-electron chi connectivity index (χ1n) is 8.51. The average Bonchev–Trinajstić information content (AvgIpc) is 2.93. The van der Waals surface area contributed by atoms with E-state index in [1.807, 2.05) is 0 Å². The molecule has 8 heteroatoms. The second-order valence-electron chi connectivity index (χ2n) is 6.65. The Bertz CT molecular complexity index is 760. The van der Waals surface area contributed by atoms with Crippen LogP contribution in [0, 0.1) is 0 Å². The fourth-order valence-electron chi connectivity index (χ4n) is 3.38. The van der Waals surface area contributed by atoms with Crippen LogP contribution in [0.3, 0.4) is 0 Å². The first-order valence-corrected chi connectivity index (χ1v) is 9.27. The van der Waals surface area contributed by atoms with Crippen LogP contribution in [0.1, 0.15) is 18.4 Å². The number of carbonyl (C=O) groups excluding carboxylic acids is 2. The Morgan fingerprint density at radius 1 is 1.31 bits per heavy atom. The molecule has 26 heavy (non-hydrogen) atoms. The topological polar surface area (TPSA) is 72.9 Å². The molecule has 3 rings (SSSR count). The van der Waals surface area contributed by atoms with Gasteiger partial charge in [-0.3, -0.25) is 9.59 Å². The number of nitrogens with zero attached hydrogens (tertiary/aromatic N) is 2. The number of halogens is 2. The third-order valence-electron chi connectivity index (χ3n) is 4.84. The van der Waals surface area contributed by atoms with Crippen molar-refractivity contribution in [3.63, 3.8) is 0 Å². The molecule has 2 heterocycles. The van der Waals surface area contributed by atoms with E-state index >= 15 is 0 Å². The fourth-order valence-corrected chi connectivity index (χ4v) is 3.70. The normalized spacial score (nSPS) is 18.6. The molecule has 2 N–H and O–H groups in total. The summed E-state index contributed by atoms with van der Waals surface area (Å²) >= 11 is 11.9. The van der Waals surface area contributed by atoms with Gasteiger partial charge in [0.15, 0.2) is 5.76 Å². The number of piperidine rings is 1. The van der Waals surface area contributed by atoms with E-state index < -0.39 is 11.7 Å². The van der Waals surface area contributed by atoms with Gasteiger partial charge in [0.2, 0.25) is 0 Å². The highest BCUT2D eigenvalue weighted by Crippen LogP contribution is 2.26. The molecule has 0 aromatic heterocycles. The minimum atomic E-state index is -0.455. The molecule has 2 amide bonds. The molecule has 0 radical (unpaired) electrons. The van der Waals surface area contributed by atoms with Gasteiger partial charge in [-0.25, -0.2) is 0 Å². The molecule has 0 bridgehead atoms. The average molecular weight is 398 g/mol. The molecule has 0 saturated carbocycles. The van der Waals surface area contributed by atoms with E-state index in [1.54, 1.807) is 30.1 Å². The number of aliphatic hydroxyl groups is 1. The summed E-state index contributed by atoms with van der Waals surface area (Å²) < 4.78 is 0. The summed E-state index contributed by atoms with van der Waals surface area (Å²) in [6, 6.07) is 5.21. The van der Waals surface area contributed by atoms with Crippen LogP contribution in [-0.2, 0) is 16.1 Å². The summed E-state index contributed by atoms with van der Waals surface area (Å²) in [6.45, 7) is 2.11. The molecule has 1 fully saturated rings. The molecule has 1 aromatic carbocycles. The van der Waals surface area contributed by atoms with Crippen LogP contribution >= 0.6 is 23.2 Å². The lowest BCUT2D eigenvalue weighted by Crippen LogP contribution is -2.45. The molecular formula is C18H21Cl2N3O3. The molecule has 2 aliphatic heterocycles. The van der Waals surface area contributed by atoms with Crippen molar-refractivity contribution in [3.05, 3.63) is 45.1 Å². The molecule has 0 unspecified atom stereocenters. The zero-order valence-corrected chi connectivity index (χ0v) is 16.0. The second kappa shape index (κ2) is 7.86. The van der Waals surface area contributed by atoms with E-state index in [0.29, 0.717) is 16.6 Å². The SMILES string of the molecule is CN(Cc1ccc(Cl)c(Cl)c1)C(=O)C1=C(O)C(=O)N(C2CCNCC2)C1. The highest BCUT2D eigenvalue weighted by molar-refractivity contribution is 6.42. The van der Waals surface area contributed by atoms with Gasteiger partial charge >= 0.3 is 0 Å². The van der Waals surface area contributed by atoms with Crippen molar-refractivity contribution in [1.82, 2.24) is 15.1 Å².